The lowest BCUT2D eigenvalue weighted by Crippen LogP contribution is -2.47. The molecule has 5 atom stereocenters. The van der Waals surface area contributed by atoms with Gasteiger partial charge in [-0.25, -0.2) is 4.98 Å². The van der Waals surface area contributed by atoms with Crippen molar-refractivity contribution >= 4 is 0 Å². The molecule has 24 heavy (non-hydrogen) atoms. The number of hydrogen-bond donors (Lipinski definition) is 2. The summed E-state index contributed by atoms with van der Waals surface area (Å²) in [6, 6.07) is 4.16. The zero-order valence-electron chi connectivity index (χ0n) is 14.5. The second kappa shape index (κ2) is 5.41. The van der Waals surface area contributed by atoms with E-state index in [0.29, 0.717) is 18.6 Å². The predicted molar refractivity (Wildman–Crippen MR) is 90.9 cm³/mol. The van der Waals surface area contributed by atoms with E-state index in [0.717, 1.165) is 23.6 Å². The summed E-state index contributed by atoms with van der Waals surface area (Å²) in [4.78, 5) is 4.44. The van der Waals surface area contributed by atoms with Crippen LogP contribution in [-0.4, -0.2) is 42.6 Å². The van der Waals surface area contributed by atoms with Gasteiger partial charge < -0.3 is 14.8 Å². The number of nitrogens with one attached hydrogen (secondary N) is 2. The molecule has 2 N–H and O–H groups in total. The molecule has 1 aromatic rings. The second-order valence-corrected chi connectivity index (χ2v) is 8.57. The second-order valence-electron chi connectivity index (χ2n) is 8.57. The normalized spacial score (nSPS) is 37.2. The van der Waals surface area contributed by atoms with Gasteiger partial charge in [0.2, 0.25) is 5.88 Å². The van der Waals surface area contributed by atoms with Crippen LogP contribution in [0.15, 0.2) is 18.3 Å². The third-order valence-corrected chi connectivity index (χ3v) is 5.98. The van der Waals surface area contributed by atoms with Crippen LogP contribution in [0.4, 0.5) is 0 Å². The fourth-order valence-corrected chi connectivity index (χ4v) is 4.39. The quantitative estimate of drug-likeness (QED) is 0.748. The number of ether oxygens (including phenoxy) is 2. The van der Waals surface area contributed by atoms with E-state index < -0.39 is 0 Å². The minimum atomic E-state index is -0.125. The van der Waals surface area contributed by atoms with Gasteiger partial charge in [-0.3, -0.25) is 5.32 Å². The van der Waals surface area contributed by atoms with Crippen LogP contribution in [0.2, 0.25) is 0 Å². The highest BCUT2D eigenvalue weighted by atomic mass is 16.6. The van der Waals surface area contributed by atoms with Crippen molar-refractivity contribution in [1.82, 2.24) is 15.6 Å². The highest BCUT2D eigenvalue weighted by Crippen LogP contribution is 2.56. The summed E-state index contributed by atoms with van der Waals surface area (Å²) in [5.74, 6) is 3.96. The third-order valence-electron chi connectivity index (χ3n) is 5.98. The lowest BCUT2D eigenvalue weighted by Gasteiger charge is -2.26. The Morgan fingerprint density at radius 1 is 1.33 bits per heavy atom. The summed E-state index contributed by atoms with van der Waals surface area (Å²) in [6.45, 7) is 7.33. The molecule has 5 rings (SSSR count). The summed E-state index contributed by atoms with van der Waals surface area (Å²) in [5.41, 5.74) is 1.15. The van der Waals surface area contributed by atoms with Gasteiger partial charge in [0.25, 0.3) is 0 Å². The highest BCUT2D eigenvalue weighted by Gasteiger charge is 2.64. The molecule has 4 aliphatic rings. The molecule has 0 amide bonds. The average molecular weight is 329 g/mol. The van der Waals surface area contributed by atoms with Crippen LogP contribution >= 0.6 is 0 Å². The molecule has 0 bridgehead atoms. The Hall–Kier alpha value is -1.17. The Balaban J connectivity index is 1.14. The van der Waals surface area contributed by atoms with E-state index >= 15 is 0 Å². The van der Waals surface area contributed by atoms with E-state index in [-0.39, 0.29) is 11.8 Å². The zero-order valence-corrected chi connectivity index (χ0v) is 14.5. The zero-order chi connectivity index (χ0) is 16.3. The first kappa shape index (κ1) is 15.1. The molecule has 5 nitrogen and oxygen atoms in total. The van der Waals surface area contributed by atoms with Crippen molar-refractivity contribution in [3.05, 3.63) is 23.9 Å². The number of rotatable bonds is 7. The van der Waals surface area contributed by atoms with E-state index in [2.05, 4.69) is 35.5 Å². The smallest absolute Gasteiger partial charge is 0.216 e. The van der Waals surface area contributed by atoms with Gasteiger partial charge in [-0.2, -0.15) is 0 Å². The van der Waals surface area contributed by atoms with Crippen LogP contribution in [0.25, 0.3) is 0 Å². The lowest BCUT2D eigenvalue weighted by atomic mass is 10.1. The van der Waals surface area contributed by atoms with E-state index in [1.54, 1.807) is 0 Å². The fourth-order valence-electron chi connectivity index (χ4n) is 4.39. The standard InChI is InChI=1S/C19H27N3O2/c1-19(2,10-23-17-12(11-5-6-11)4-3-7-21-17)22-18-16(24-18)15-13-8-20-9-14(13)15/h3-4,7,11,13-16,18,20,22H,5-6,8-10H2,1-2H3/t13-,14?,15+,16?,18?/m0/s1. The van der Waals surface area contributed by atoms with Crippen LogP contribution < -0.4 is 15.4 Å². The van der Waals surface area contributed by atoms with E-state index in [1.807, 2.05) is 12.3 Å². The third kappa shape index (κ3) is 2.83. The molecular formula is C19H27N3O2. The summed E-state index contributed by atoms with van der Waals surface area (Å²) in [5, 5.41) is 7.08. The fraction of sp³-hybridized carbons (Fsp3) is 0.737. The molecule has 2 saturated carbocycles. The highest BCUT2D eigenvalue weighted by molar-refractivity contribution is 5.32. The van der Waals surface area contributed by atoms with Gasteiger partial charge in [0.1, 0.15) is 18.9 Å². The summed E-state index contributed by atoms with van der Waals surface area (Å²) >= 11 is 0. The van der Waals surface area contributed by atoms with Crippen LogP contribution in [-0.2, 0) is 4.74 Å². The van der Waals surface area contributed by atoms with E-state index in [4.69, 9.17) is 9.47 Å². The van der Waals surface area contributed by atoms with Crippen molar-refractivity contribution in [2.24, 2.45) is 17.8 Å². The maximum atomic E-state index is 6.08. The Morgan fingerprint density at radius 3 is 2.88 bits per heavy atom. The molecule has 0 spiro atoms. The van der Waals surface area contributed by atoms with Crippen LogP contribution in [0, 0.1) is 17.8 Å². The Labute approximate surface area is 143 Å². The molecule has 4 fully saturated rings. The van der Waals surface area contributed by atoms with Gasteiger partial charge in [0.15, 0.2) is 0 Å². The molecule has 3 unspecified atom stereocenters. The maximum Gasteiger partial charge on any atom is 0.216 e. The van der Waals surface area contributed by atoms with Crippen LogP contribution in [0.5, 0.6) is 5.88 Å². The monoisotopic (exact) mass is 329 g/mol. The van der Waals surface area contributed by atoms with Crippen LogP contribution in [0.3, 0.4) is 0 Å². The summed E-state index contributed by atoms with van der Waals surface area (Å²) in [7, 11) is 0. The molecule has 2 aliphatic carbocycles. The minimum absolute atomic E-state index is 0.125. The van der Waals surface area contributed by atoms with Crippen molar-refractivity contribution in [2.45, 2.75) is 50.5 Å². The molecule has 2 aliphatic heterocycles. The Bertz CT molecular complexity index is 621. The maximum absolute atomic E-state index is 6.08. The number of epoxide rings is 1. The van der Waals surface area contributed by atoms with Crippen molar-refractivity contribution < 1.29 is 9.47 Å². The van der Waals surface area contributed by atoms with E-state index in [9.17, 15) is 0 Å². The van der Waals surface area contributed by atoms with Gasteiger partial charge in [0, 0.05) is 17.3 Å². The van der Waals surface area contributed by atoms with Gasteiger partial charge in [0.05, 0.1) is 0 Å². The first-order chi connectivity index (χ1) is 11.6. The first-order valence-corrected chi connectivity index (χ1v) is 9.34. The topological polar surface area (TPSA) is 58.7 Å². The first-order valence-electron chi connectivity index (χ1n) is 9.34. The van der Waals surface area contributed by atoms with Gasteiger partial charge in [-0.15, -0.1) is 0 Å². The number of fused-ring (bicyclic) bond motifs is 1. The van der Waals surface area contributed by atoms with Crippen molar-refractivity contribution in [3.63, 3.8) is 0 Å². The molecule has 2 saturated heterocycles. The Kier molecular flexibility index (Phi) is 3.41. The minimum Gasteiger partial charge on any atom is -0.476 e. The SMILES string of the molecule is CC(C)(COc1ncccc1C1CC1)NC1OC1[C@H]1C2CNC[C@@H]21. The van der Waals surface area contributed by atoms with Crippen molar-refractivity contribution in [1.29, 1.82) is 0 Å². The molecular weight excluding hydrogens is 302 g/mol. The number of nitrogens with zero attached hydrogens (tertiary/aromatic N) is 1. The average Bonchev–Trinajstić information content (AvgIpc) is 3.48. The van der Waals surface area contributed by atoms with Crippen molar-refractivity contribution in [3.8, 4) is 5.88 Å². The molecule has 130 valence electrons. The summed E-state index contributed by atoms with van der Waals surface area (Å²) < 4.78 is 12.0. The molecule has 3 heterocycles. The largest absolute Gasteiger partial charge is 0.476 e. The van der Waals surface area contributed by atoms with Gasteiger partial charge in [-0.1, -0.05) is 6.07 Å². The lowest BCUT2D eigenvalue weighted by molar-refractivity contribution is 0.180. The number of piperidine rings is 1. The number of pyridine rings is 1. The number of aromatic nitrogens is 1. The molecule has 5 heteroatoms. The van der Waals surface area contributed by atoms with E-state index in [1.165, 1.54) is 31.5 Å². The molecule has 1 aromatic heterocycles. The molecule has 0 radical (unpaired) electrons. The van der Waals surface area contributed by atoms with Crippen LogP contribution in [0.1, 0.15) is 38.2 Å². The number of hydrogen-bond acceptors (Lipinski definition) is 5. The van der Waals surface area contributed by atoms with Gasteiger partial charge in [-0.05, 0) is 69.5 Å². The Morgan fingerprint density at radius 2 is 2.12 bits per heavy atom. The summed E-state index contributed by atoms with van der Waals surface area (Å²) in [6.07, 6.45) is 4.96. The molecule has 0 aromatic carbocycles. The predicted octanol–water partition coefficient (Wildman–Crippen LogP) is 1.90. The van der Waals surface area contributed by atoms with Gasteiger partial charge >= 0.3 is 0 Å². The van der Waals surface area contributed by atoms with Crippen molar-refractivity contribution in [2.75, 3.05) is 19.7 Å².